The van der Waals surface area contributed by atoms with Crippen molar-refractivity contribution in [2.75, 3.05) is 6.61 Å². The van der Waals surface area contributed by atoms with Gasteiger partial charge in [-0.15, -0.1) is 0 Å². The molecule has 0 amide bonds. The van der Waals surface area contributed by atoms with E-state index in [2.05, 4.69) is 0 Å². The van der Waals surface area contributed by atoms with E-state index in [9.17, 15) is 9.59 Å². The number of carbonyl (C=O) groups is 2. The van der Waals surface area contributed by atoms with Crippen LogP contribution in [0.15, 0.2) is 35.9 Å². The summed E-state index contributed by atoms with van der Waals surface area (Å²) in [5.41, 5.74) is 0.546. The molecule has 0 aliphatic carbocycles. The summed E-state index contributed by atoms with van der Waals surface area (Å²) >= 11 is 0. The van der Waals surface area contributed by atoms with Crippen molar-refractivity contribution in [1.82, 2.24) is 0 Å². The van der Waals surface area contributed by atoms with Crippen molar-refractivity contribution < 1.29 is 19.8 Å². The van der Waals surface area contributed by atoms with Crippen LogP contribution in [0.3, 0.4) is 0 Å². The maximum atomic E-state index is 11.1. The zero-order valence-electron chi connectivity index (χ0n) is 7.88. The lowest BCUT2D eigenvalue weighted by atomic mass is 10.1. The van der Waals surface area contributed by atoms with Gasteiger partial charge < -0.3 is 10.2 Å². The van der Waals surface area contributed by atoms with Crippen molar-refractivity contribution in [3.63, 3.8) is 0 Å². The molecule has 0 saturated carbocycles. The number of ketones is 1. The average molecular weight is 206 g/mol. The second-order valence-corrected chi connectivity index (χ2v) is 2.87. The van der Waals surface area contributed by atoms with E-state index in [0.717, 1.165) is 0 Å². The van der Waals surface area contributed by atoms with Crippen LogP contribution in [0.25, 0.3) is 6.08 Å². The van der Waals surface area contributed by atoms with Crippen molar-refractivity contribution in [1.29, 1.82) is 0 Å². The minimum Gasteiger partial charge on any atom is -0.475 e. The highest BCUT2D eigenvalue weighted by molar-refractivity contribution is 6.40. The zero-order valence-corrected chi connectivity index (χ0v) is 7.88. The van der Waals surface area contributed by atoms with Gasteiger partial charge in [-0.25, -0.2) is 4.79 Å². The van der Waals surface area contributed by atoms with Crippen LogP contribution in [0.4, 0.5) is 0 Å². The molecule has 15 heavy (non-hydrogen) atoms. The van der Waals surface area contributed by atoms with Crippen molar-refractivity contribution in [2.24, 2.45) is 0 Å². The quantitative estimate of drug-likeness (QED) is 0.562. The Morgan fingerprint density at radius 2 is 1.80 bits per heavy atom. The molecule has 0 spiro atoms. The van der Waals surface area contributed by atoms with Gasteiger partial charge in [-0.05, 0) is 11.6 Å². The zero-order chi connectivity index (χ0) is 11.3. The first-order valence-electron chi connectivity index (χ1n) is 4.29. The predicted octanol–water partition coefficient (Wildman–Crippen LogP) is 0.716. The molecule has 1 aromatic carbocycles. The number of carbonyl (C=O) groups excluding carboxylic acids is 1. The fourth-order valence-corrected chi connectivity index (χ4v) is 1.07. The normalized spacial score (nSPS) is 11.1. The Hall–Kier alpha value is -1.94. The molecule has 0 atom stereocenters. The van der Waals surface area contributed by atoms with Gasteiger partial charge in [0.1, 0.15) is 0 Å². The molecule has 0 unspecified atom stereocenters. The lowest BCUT2D eigenvalue weighted by molar-refractivity contribution is -0.147. The Bertz CT molecular complexity index is 392. The molecule has 4 nitrogen and oxygen atoms in total. The van der Waals surface area contributed by atoms with Crippen molar-refractivity contribution in [3.05, 3.63) is 41.5 Å². The average Bonchev–Trinajstić information content (AvgIpc) is 2.26. The highest BCUT2D eigenvalue weighted by Gasteiger charge is 2.16. The van der Waals surface area contributed by atoms with Crippen LogP contribution in [0, 0.1) is 0 Å². The summed E-state index contributed by atoms with van der Waals surface area (Å²) in [5, 5.41) is 17.3. The number of hydrogen-bond acceptors (Lipinski definition) is 3. The molecule has 0 bridgehead atoms. The van der Waals surface area contributed by atoms with E-state index in [4.69, 9.17) is 10.2 Å². The smallest absolute Gasteiger partial charge is 0.376 e. The number of rotatable bonds is 4. The number of carboxylic acid groups (broad SMARTS) is 1. The number of carboxylic acids is 1. The highest BCUT2D eigenvalue weighted by Crippen LogP contribution is 2.07. The number of aliphatic hydroxyl groups excluding tert-OH is 1. The minimum absolute atomic E-state index is 0.131. The molecule has 0 saturated heterocycles. The highest BCUT2D eigenvalue weighted by atomic mass is 16.4. The lowest BCUT2D eigenvalue weighted by Gasteiger charge is -1.99. The molecular weight excluding hydrogens is 196 g/mol. The first-order valence-corrected chi connectivity index (χ1v) is 4.29. The van der Waals surface area contributed by atoms with Crippen LogP contribution >= 0.6 is 0 Å². The third-order valence-electron chi connectivity index (χ3n) is 1.80. The molecule has 1 aromatic rings. The van der Waals surface area contributed by atoms with Crippen LogP contribution in [-0.2, 0) is 9.59 Å². The molecule has 78 valence electrons. The molecule has 0 aliphatic heterocycles. The van der Waals surface area contributed by atoms with Gasteiger partial charge in [0.15, 0.2) is 0 Å². The van der Waals surface area contributed by atoms with E-state index in [0.29, 0.717) is 5.56 Å². The Kier molecular flexibility index (Phi) is 3.76. The number of aliphatic carboxylic acids is 1. The largest absolute Gasteiger partial charge is 0.475 e. The van der Waals surface area contributed by atoms with Crippen LogP contribution in [0.2, 0.25) is 0 Å². The number of hydrogen-bond donors (Lipinski definition) is 2. The standard InChI is InChI=1S/C11H10O4/c12-7-9(10(13)11(14)15)6-8-4-2-1-3-5-8/h1-6,12H,7H2,(H,14,15)/b9-6+. The first-order chi connectivity index (χ1) is 7.15. The molecule has 4 heteroatoms. The van der Waals surface area contributed by atoms with E-state index >= 15 is 0 Å². The van der Waals surface area contributed by atoms with Crippen molar-refractivity contribution in [2.45, 2.75) is 0 Å². The first kappa shape index (κ1) is 11.1. The van der Waals surface area contributed by atoms with E-state index in [-0.39, 0.29) is 5.57 Å². The van der Waals surface area contributed by atoms with Gasteiger partial charge in [-0.2, -0.15) is 0 Å². The van der Waals surface area contributed by atoms with Gasteiger partial charge in [0.05, 0.1) is 6.61 Å². The topological polar surface area (TPSA) is 74.6 Å². The Morgan fingerprint density at radius 1 is 1.20 bits per heavy atom. The molecule has 0 radical (unpaired) electrons. The summed E-state index contributed by atoms with van der Waals surface area (Å²) in [5.74, 6) is -2.65. The van der Waals surface area contributed by atoms with Gasteiger partial charge in [-0.1, -0.05) is 30.3 Å². The fraction of sp³-hybridized carbons (Fsp3) is 0.0909. The predicted molar refractivity (Wildman–Crippen MR) is 54.1 cm³/mol. The second kappa shape index (κ2) is 5.07. The fourth-order valence-electron chi connectivity index (χ4n) is 1.07. The van der Waals surface area contributed by atoms with Gasteiger partial charge in [0.25, 0.3) is 5.78 Å². The van der Waals surface area contributed by atoms with Crippen LogP contribution < -0.4 is 0 Å². The van der Waals surface area contributed by atoms with Crippen molar-refractivity contribution >= 4 is 17.8 Å². The second-order valence-electron chi connectivity index (χ2n) is 2.87. The van der Waals surface area contributed by atoms with Gasteiger partial charge in [0.2, 0.25) is 0 Å². The third-order valence-corrected chi connectivity index (χ3v) is 1.80. The monoisotopic (exact) mass is 206 g/mol. The van der Waals surface area contributed by atoms with E-state index in [1.54, 1.807) is 30.3 Å². The third kappa shape index (κ3) is 3.03. The molecule has 1 rings (SSSR count). The SMILES string of the molecule is O=C(O)C(=O)/C(=C/c1ccccc1)CO. The molecule has 0 heterocycles. The number of Topliss-reactive ketones (excluding diaryl/α,β-unsaturated/α-hetero) is 1. The minimum atomic E-state index is -1.56. The summed E-state index contributed by atoms with van der Waals surface area (Å²) in [7, 11) is 0. The van der Waals surface area contributed by atoms with Crippen LogP contribution in [-0.4, -0.2) is 28.6 Å². The maximum absolute atomic E-state index is 11.1. The Balaban J connectivity index is 2.98. The molecule has 0 aromatic heterocycles. The number of benzene rings is 1. The van der Waals surface area contributed by atoms with Crippen molar-refractivity contribution in [3.8, 4) is 0 Å². The van der Waals surface area contributed by atoms with Gasteiger partial charge in [-0.3, -0.25) is 4.79 Å². The molecule has 2 N–H and O–H groups in total. The number of aliphatic hydroxyl groups is 1. The molecule has 0 aliphatic rings. The van der Waals surface area contributed by atoms with E-state index in [1.165, 1.54) is 6.08 Å². The molecular formula is C11H10O4. The summed E-state index contributed by atoms with van der Waals surface area (Å²) in [6, 6.07) is 8.74. The lowest BCUT2D eigenvalue weighted by Crippen LogP contribution is -2.17. The molecule has 0 fully saturated rings. The summed E-state index contributed by atoms with van der Waals surface area (Å²) in [4.78, 5) is 21.4. The van der Waals surface area contributed by atoms with Gasteiger partial charge >= 0.3 is 5.97 Å². The van der Waals surface area contributed by atoms with Gasteiger partial charge in [0, 0.05) is 5.57 Å². The maximum Gasteiger partial charge on any atom is 0.376 e. The Labute approximate surface area is 86.5 Å². The van der Waals surface area contributed by atoms with E-state index in [1.807, 2.05) is 0 Å². The van der Waals surface area contributed by atoms with Crippen LogP contribution in [0.5, 0.6) is 0 Å². The summed E-state index contributed by atoms with van der Waals surface area (Å²) < 4.78 is 0. The van der Waals surface area contributed by atoms with Crippen LogP contribution in [0.1, 0.15) is 5.56 Å². The summed E-state index contributed by atoms with van der Waals surface area (Å²) in [6.07, 6.45) is 1.36. The van der Waals surface area contributed by atoms with E-state index < -0.39 is 18.4 Å². The summed E-state index contributed by atoms with van der Waals surface area (Å²) in [6.45, 7) is -0.583. The Morgan fingerprint density at radius 3 is 2.27 bits per heavy atom.